The predicted molar refractivity (Wildman–Crippen MR) is 131 cm³/mol. The molecule has 1 N–H and O–H groups in total. The molecule has 0 spiro atoms. The van der Waals surface area contributed by atoms with Gasteiger partial charge in [0.25, 0.3) is 5.91 Å². The van der Waals surface area contributed by atoms with Gasteiger partial charge < -0.3 is 9.64 Å². The molecule has 1 aromatic carbocycles. The molecular formula is C27H28F3N5O4. The molecule has 9 nitrogen and oxygen atoms in total. The van der Waals surface area contributed by atoms with Gasteiger partial charge in [-0.25, -0.2) is 9.97 Å². The number of ether oxygens (including phenoxy) is 1. The molecule has 6 rings (SSSR count). The summed E-state index contributed by atoms with van der Waals surface area (Å²) in [6.07, 6.45) is 1.63. The number of halogens is 3. The normalized spacial score (nSPS) is 26.3. The molecule has 39 heavy (non-hydrogen) atoms. The predicted octanol–water partition coefficient (Wildman–Crippen LogP) is 3.05. The Kier molecular flexibility index (Phi) is 6.52. The van der Waals surface area contributed by atoms with E-state index in [-0.39, 0.29) is 42.8 Å². The number of amides is 3. The van der Waals surface area contributed by atoms with Crippen molar-refractivity contribution in [3.63, 3.8) is 0 Å². The van der Waals surface area contributed by atoms with Gasteiger partial charge in [-0.15, -0.1) is 0 Å². The maximum Gasteiger partial charge on any atom is 0.419 e. The summed E-state index contributed by atoms with van der Waals surface area (Å²) in [4.78, 5) is 48.5. The molecule has 206 valence electrons. The Balaban J connectivity index is 1.09. The summed E-state index contributed by atoms with van der Waals surface area (Å²) in [6, 6.07) is 4.88. The number of benzene rings is 1. The maximum atomic E-state index is 13.0. The van der Waals surface area contributed by atoms with Crippen LogP contribution in [-0.2, 0) is 22.3 Å². The van der Waals surface area contributed by atoms with Gasteiger partial charge in [0.05, 0.1) is 5.56 Å². The molecule has 1 unspecified atom stereocenters. The molecule has 3 amide bonds. The second-order valence-corrected chi connectivity index (χ2v) is 10.7. The molecule has 0 radical (unpaired) electrons. The highest BCUT2D eigenvalue weighted by molar-refractivity contribution is 6.05. The zero-order chi connectivity index (χ0) is 27.3. The summed E-state index contributed by atoms with van der Waals surface area (Å²) < 4.78 is 44.9. The van der Waals surface area contributed by atoms with E-state index in [2.05, 4.69) is 20.2 Å². The smallest absolute Gasteiger partial charge is 0.419 e. The topological polar surface area (TPSA) is 105 Å². The van der Waals surface area contributed by atoms with E-state index in [4.69, 9.17) is 4.74 Å². The zero-order valence-electron chi connectivity index (χ0n) is 21.1. The summed E-state index contributed by atoms with van der Waals surface area (Å²) in [5, 5.41) is 2.31. The molecule has 1 aliphatic carbocycles. The van der Waals surface area contributed by atoms with Crippen LogP contribution in [0.15, 0.2) is 30.6 Å². The molecule has 3 fully saturated rings. The van der Waals surface area contributed by atoms with Crippen LogP contribution in [0, 0.1) is 0 Å². The van der Waals surface area contributed by atoms with E-state index in [1.165, 1.54) is 4.90 Å². The van der Waals surface area contributed by atoms with Crippen molar-refractivity contribution >= 4 is 17.7 Å². The lowest BCUT2D eigenvalue weighted by atomic mass is 9.86. The number of carbonyl (C=O) groups is 3. The lowest BCUT2D eigenvalue weighted by Crippen LogP contribution is -2.57. The Morgan fingerprint density at radius 2 is 1.74 bits per heavy atom. The van der Waals surface area contributed by atoms with Gasteiger partial charge in [0.1, 0.15) is 23.7 Å². The number of rotatable bonds is 5. The number of likely N-dealkylation sites (tertiary alicyclic amines) is 1. The van der Waals surface area contributed by atoms with E-state index in [9.17, 15) is 27.6 Å². The van der Waals surface area contributed by atoms with Gasteiger partial charge in [0.15, 0.2) is 0 Å². The first-order valence-electron chi connectivity index (χ1n) is 13.2. The summed E-state index contributed by atoms with van der Waals surface area (Å²) in [5.74, 6) is 0.0861. The van der Waals surface area contributed by atoms with E-state index in [1.54, 1.807) is 12.1 Å². The summed E-state index contributed by atoms with van der Waals surface area (Å²) >= 11 is 0. The minimum atomic E-state index is -4.45. The second kappa shape index (κ2) is 9.89. The number of alkyl halides is 3. The highest BCUT2D eigenvalue weighted by atomic mass is 19.4. The lowest BCUT2D eigenvalue weighted by Gasteiger charge is -2.47. The van der Waals surface area contributed by atoms with Crippen molar-refractivity contribution in [3.05, 3.63) is 53.1 Å². The fourth-order valence-electron chi connectivity index (χ4n) is 6.07. The molecule has 1 aromatic heterocycles. The molecule has 0 bridgehead atoms. The van der Waals surface area contributed by atoms with Crippen LogP contribution in [0.4, 0.5) is 13.2 Å². The average Bonchev–Trinajstić information content (AvgIpc) is 3.19. The number of nitrogens with zero attached hydrogens (tertiary/aromatic N) is 4. The minimum Gasteiger partial charge on any atom is -0.489 e. The monoisotopic (exact) mass is 543 g/mol. The first-order valence-corrected chi connectivity index (χ1v) is 13.2. The van der Waals surface area contributed by atoms with Crippen molar-refractivity contribution in [2.75, 3.05) is 13.1 Å². The zero-order valence-corrected chi connectivity index (χ0v) is 21.1. The van der Waals surface area contributed by atoms with Crippen LogP contribution in [0.2, 0.25) is 0 Å². The van der Waals surface area contributed by atoms with Crippen molar-refractivity contribution in [1.29, 1.82) is 0 Å². The van der Waals surface area contributed by atoms with Gasteiger partial charge in [0.2, 0.25) is 11.8 Å². The summed E-state index contributed by atoms with van der Waals surface area (Å²) in [7, 11) is 0. The van der Waals surface area contributed by atoms with E-state index in [0.717, 1.165) is 43.6 Å². The number of carbonyl (C=O) groups excluding carboxylic acids is 3. The Bertz CT molecular complexity index is 1300. The highest BCUT2D eigenvalue weighted by Gasteiger charge is 2.42. The number of nitrogens with one attached hydrogen (secondary N) is 1. The Morgan fingerprint density at radius 1 is 1.00 bits per heavy atom. The number of fused-ring (bicyclic) bond motifs is 1. The number of aromatic nitrogens is 2. The number of imide groups is 1. The Labute approximate surface area is 222 Å². The molecule has 4 heterocycles. The number of hydrogen-bond donors (Lipinski definition) is 1. The fraction of sp³-hybridized carbons (Fsp3) is 0.519. The van der Waals surface area contributed by atoms with Crippen LogP contribution >= 0.6 is 0 Å². The largest absolute Gasteiger partial charge is 0.489 e. The van der Waals surface area contributed by atoms with E-state index < -0.39 is 23.7 Å². The molecular weight excluding hydrogens is 515 g/mol. The van der Waals surface area contributed by atoms with Crippen LogP contribution in [0.25, 0.3) is 0 Å². The molecule has 3 atom stereocenters. The Morgan fingerprint density at radius 3 is 2.46 bits per heavy atom. The number of piperidine rings is 1. The molecule has 4 aliphatic rings. The van der Waals surface area contributed by atoms with E-state index in [0.29, 0.717) is 36.6 Å². The first kappa shape index (κ1) is 25.7. The fourth-order valence-corrected chi connectivity index (χ4v) is 6.07. The van der Waals surface area contributed by atoms with Gasteiger partial charge in [-0.1, -0.05) is 6.42 Å². The molecule has 3 aliphatic heterocycles. The molecule has 2 aromatic rings. The first-order chi connectivity index (χ1) is 18.7. The van der Waals surface area contributed by atoms with Gasteiger partial charge >= 0.3 is 6.18 Å². The SMILES string of the molecule is O=C1CCC(N2Cc3cc(O[C@@H]4CCCC[C@H]4N4CC(c5ncc(C(F)(F)F)cn5)C4)ccc3C2=O)C(=O)N1. The quantitative estimate of drug-likeness (QED) is 0.578. The lowest BCUT2D eigenvalue weighted by molar-refractivity contribution is -0.138. The van der Waals surface area contributed by atoms with Crippen molar-refractivity contribution in [2.45, 2.75) is 75.4 Å². The Hall–Kier alpha value is -3.54. The third-order valence-electron chi connectivity index (χ3n) is 8.19. The third kappa shape index (κ3) is 4.97. The molecule has 12 heteroatoms. The van der Waals surface area contributed by atoms with Gasteiger partial charge in [-0.2, -0.15) is 13.2 Å². The van der Waals surface area contributed by atoms with Crippen LogP contribution in [0.3, 0.4) is 0 Å². The van der Waals surface area contributed by atoms with E-state index in [1.807, 2.05) is 6.07 Å². The second-order valence-electron chi connectivity index (χ2n) is 10.7. The van der Waals surface area contributed by atoms with Crippen LogP contribution in [0.5, 0.6) is 5.75 Å². The minimum absolute atomic E-state index is 0.0147. The van der Waals surface area contributed by atoms with Crippen molar-refractivity contribution in [1.82, 2.24) is 25.1 Å². The molecule has 1 saturated carbocycles. The van der Waals surface area contributed by atoms with Crippen LogP contribution < -0.4 is 10.1 Å². The standard InChI is InChI=1S/C27H28F3N5O4/c28-27(29,30)17-10-31-24(32-11-17)16-12-34(13-16)20-3-1-2-4-22(20)39-18-5-6-19-15(9-18)14-35(26(19)38)21-7-8-23(36)33-25(21)37/h5-6,9-11,16,20-22H,1-4,7-8,12-14H2,(H,33,36,37)/t20-,21?,22-/m1/s1. The third-order valence-corrected chi connectivity index (χ3v) is 8.19. The summed E-state index contributed by atoms with van der Waals surface area (Å²) in [6.45, 7) is 1.61. The van der Waals surface area contributed by atoms with Crippen molar-refractivity contribution < 1.29 is 32.3 Å². The molecule has 2 saturated heterocycles. The van der Waals surface area contributed by atoms with Crippen LogP contribution in [0.1, 0.15) is 71.8 Å². The highest BCUT2D eigenvalue weighted by Crippen LogP contribution is 2.36. The van der Waals surface area contributed by atoms with Crippen molar-refractivity contribution in [3.8, 4) is 5.75 Å². The van der Waals surface area contributed by atoms with Crippen molar-refractivity contribution in [2.24, 2.45) is 0 Å². The average molecular weight is 544 g/mol. The van der Waals surface area contributed by atoms with E-state index >= 15 is 0 Å². The number of hydrogen-bond acceptors (Lipinski definition) is 7. The van der Waals surface area contributed by atoms with Gasteiger partial charge in [-0.3, -0.25) is 24.6 Å². The van der Waals surface area contributed by atoms with Gasteiger partial charge in [-0.05, 0) is 49.4 Å². The summed E-state index contributed by atoms with van der Waals surface area (Å²) in [5.41, 5.74) is 0.479. The van der Waals surface area contributed by atoms with Crippen LogP contribution in [-0.4, -0.2) is 68.8 Å². The van der Waals surface area contributed by atoms with Gasteiger partial charge in [0, 0.05) is 56.0 Å². The maximum absolute atomic E-state index is 13.0.